The van der Waals surface area contributed by atoms with Crippen molar-refractivity contribution in [2.75, 3.05) is 0 Å². The molecular formula is C12H9BrN2O3. The molecule has 92 valence electrons. The predicted molar refractivity (Wildman–Crippen MR) is 69.6 cm³/mol. The molecule has 0 saturated heterocycles. The van der Waals surface area contributed by atoms with Gasteiger partial charge in [-0.15, -0.1) is 0 Å². The summed E-state index contributed by atoms with van der Waals surface area (Å²) in [5.41, 5.74) is 2.43. The van der Waals surface area contributed by atoms with Gasteiger partial charge in [-0.05, 0) is 30.3 Å². The van der Waals surface area contributed by atoms with Crippen molar-refractivity contribution >= 4 is 28.1 Å². The highest BCUT2D eigenvalue weighted by atomic mass is 79.9. The molecule has 1 aromatic heterocycles. The zero-order valence-electron chi connectivity index (χ0n) is 9.13. The molecule has 0 saturated carbocycles. The van der Waals surface area contributed by atoms with E-state index in [1.807, 2.05) is 0 Å². The number of amides is 1. The second kappa shape index (κ2) is 5.50. The lowest BCUT2D eigenvalue weighted by molar-refractivity contribution is 0.0952. The van der Waals surface area contributed by atoms with Gasteiger partial charge in [0.1, 0.15) is 11.5 Å². The molecule has 0 aliphatic carbocycles. The van der Waals surface area contributed by atoms with Crippen LogP contribution < -0.4 is 5.43 Å². The van der Waals surface area contributed by atoms with Crippen LogP contribution in [-0.4, -0.2) is 17.2 Å². The molecule has 18 heavy (non-hydrogen) atoms. The molecule has 6 heteroatoms. The molecule has 2 rings (SSSR count). The van der Waals surface area contributed by atoms with Gasteiger partial charge in [0.25, 0.3) is 5.91 Å². The number of phenols is 1. The van der Waals surface area contributed by atoms with Crippen molar-refractivity contribution in [3.8, 4) is 5.75 Å². The van der Waals surface area contributed by atoms with E-state index in [-0.39, 0.29) is 11.3 Å². The molecule has 0 unspecified atom stereocenters. The third-order valence-electron chi connectivity index (χ3n) is 2.10. The van der Waals surface area contributed by atoms with Gasteiger partial charge in [0.05, 0.1) is 18.0 Å². The molecule has 0 fully saturated rings. The van der Waals surface area contributed by atoms with Gasteiger partial charge in [0.15, 0.2) is 0 Å². The number of benzene rings is 1. The number of hydrogen-bond acceptors (Lipinski definition) is 4. The van der Waals surface area contributed by atoms with Crippen LogP contribution in [0.1, 0.15) is 16.1 Å². The molecule has 0 aliphatic heterocycles. The average Bonchev–Trinajstić information content (AvgIpc) is 2.85. The van der Waals surface area contributed by atoms with Crippen LogP contribution in [0, 0.1) is 0 Å². The minimum absolute atomic E-state index is 0.108. The van der Waals surface area contributed by atoms with Crippen LogP contribution in [0.25, 0.3) is 0 Å². The number of carbonyl (C=O) groups is 1. The lowest BCUT2D eigenvalue weighted by atomic mass is 10.2. The molecule has 1 amide bonds. The van der Waals surface area contributed by atoms with E-state index in [1.54, 1.807) is 18.2 Å². The fourth-order valence-electron chi connectivity index (χ4n) is 1.27. The Morgan fingerprint density at radius 2 is 2.28 bits per heavy atom. The SMILES string of the molecule is O=C(N/N=C\c1ccco1)c1cc(Br)ccc1O. The van der Waals surface area contributed by atoms with Crippen LogP contribution in [0.4, 0.5) is 0 Å². The zero-order chi connectivity index (χ0) is 13.0. The maximum Gasteiger partial charge on any atom is 0.275 e. The molecule has 0 spiro atoms. The third-order valence-corrected chi connectivity index (χ3v) is 2.60. The second-order valence-corrected chi connectivity index (χ2v) is 4.29. The smallest absolute Gasteiger partial charge is 0.275 e. The minimum Gasteiger partial charge on any atom is -0.507 e. The van der Waals surface area contributed by atoms with Crippen molar-refractivity contribution in [3.05, 3.63) is 52.4 Å². The molecule has 0 radical (unpaired) electrons. The summed E-state index contributed by atoms with van der Waals surface area (Å²) < 4.78 is 5.70. The van der Waals surface area contributed by atoms with Gasteiger partial charge in [-0.2, -0.15) is 5.10 Å². The quantitative estimate of drug-likeness (QED) is 0.676. The lowest BCUT2D eigenvalue weighted by Crippen LogP contribution is -2.17. The molecule has 0 bridgehead atoms. The first kappa shape index (κ1) is 12.4. The molecule has 1 heterocycles. The zero-order valence-corrected chi connectivity index (χ0v) is 10.7. The summed E-state index contributed by atoms with van der Waals surface area (Å²) in [6.45, 7) is 0. The summed E-state index contributed by atoms with van der Waals surface area (Å²) in [4.78, 5) is 11.7. The number of aromatic hydroxyl groups is 1. The number of furan rings is 1. The van der Waals surface area contributed by atoms with Crippen molar-refractivity contribution in [2.45, 2.75) is 0 Å². The van der Waals surface area contributed by atoms with Crippen molar-refractivity contribution in [1.82, 2.24) is 5.43 Å². The lowest BCUT2D eigenvalue weighted by Gasteiger charge is -2.02. The fourth-order valence-corrected chi connectivity index (χ4v) is 1.63. The molecule has 2 aromatic rings. The van der Waals surface area contributed by atoms with E-state index in [0.717, 1.165) is 0 Å². The molecule has 1 aromatic carbocycles. The molecule has 0 atom stereocenters. The molecule has 5 nitrogen and oxygen atoms in total. The van der Waals surface area contributed by atoms with Crippen LogP contribution in [0.2, 0.25) is 0 Å². The summed E-state index contributed by atoms with van der Waals surface area (Å²) in [5.74, 6) is -0.0886. The molecule has 2 N–H and O–H groups in total. The van der Waals surface area contributed by atoms with Gasteiger partial charge < -0.3 is 9.52 Å². The molecular weight excluding hydrogens is 300 g/mol. The second-order valence-electron chi connectivity index (χ2n) is 3.38. The highest BCUT2D eigenvalue weighted by Crippen LogP contribution is 2.21. The predicted octanol–water partition coefficient (Wildman–Crippen LogP) is 2.51. The van der Waals surface area contributed by atoms with Crippen molar-refractivity contribution in [2.24, 2.45) is 5.10 Å². The van der Waals surface area contributed by atoms with Gasteiger partial charge in [0, 0.05) is 4.47 Å². The number of hydrazone groups is 1. The van der Waals surface area contributed by atoms with E-state index in [9.17, 15) is 9.90 Å². The Labute approximate surface area is 111 Å². The van der Waals surface area contributed by atoms with Crippen LogP contribution in [0.5, 0.6) is 5.75 Å². The van der Waals surface area contributed by atoms with Crippen molar-refractivity contribution in [1.29, 1.82) is 0 Å². The number of nitrogens with one attached hydrogen (secondary N) is 1. The largest absolute Gasteiger partial charge is 0.507 e. The molecule has 0 aliphatic rings. The number of rotatable bonds is 3. The topological polar surface area (TPSA) is 74.8 Å². The van der Waals surface area contributed by atoms with Crippen LogP contribution in [-0.2, 0) is 0 Å². The Hall–Kier alpha value is -2.08. The number of phenolic OH excluding ortho intramolecular Hbond substituents is 1. The van der Waals surface area contributed by atoms with Crippen LogP contribution in [0.3, 0.4) is 0 Å². The van der Waals surface area contributed by atoms with Gasteiger partial charge in [-0.1, -0.05) is 15.9 Å². The average molecular weight is 309 g/mol. The highest BCUT2D eigenvalue weighted by Gasteiger charge is 2.10. The van der Waals surface area contributed by atoms with E-state index >= 15 is 0 Å². The van der Waals surface area contributed by atoms with Gasteiger partial charge in [-0.3, -0.25) is 4.79 Å². The summed E-state index contributed by atoms with van der Waals surface area (Å²) in [6, 6.07) is 7.98. The normalized spacial score (nSPS) is 10.7. The number of hydrogen-bond donors (Lipinski definition) is 2. The number of carbonyl (C=O) groups excluding carboxylic acids is 1. The van der Waals surface area contributed by atoms with E-state index in [4.69, 9.17) is 4.42 Å². The van der Waals surface area contributed by atoms with E-state index in [0.29, 0.717) is 10.2 Å². The Morgan fingerprint density at radius 1 is 1.44 bits per heavy atom. The van der Waals surface area contributed by atoms with Crippen molar-refractivity contribution in [3.63, 3.8) is 0 Å². The monoisotopic (exact) mass is 308 g/mol. The highest BCUT2D eigenvalue weighted by molar-refractivity contribution is 9.10. The number of halogens is 1. The Kier molecular flexibility index (Phi) is 3.78. The first-order valence-electron chi connectivity index (χ1n) is 5.02. The maximum absolute atomic E-state index is 11.7. The third kappa shape index (κ3) is 2.98. The summed E-state index contributed by atoms with van der Waals surface area (Å²) >= 11 is 3.22. The van der Waals surface area contributed by atoms with Crippen LogP contribution >= 0.6 is 15.9 Å². The Balaban J connectivity index is 2.06. The first-order valence-corrected chi connectivity index (χ1v) is 5.81. The van der Waals surface area contributed by atoms with Gasteiger partial charge in [-0.25, -0.2) is 5.43 Å². The summed E-state index contributed by atoms with van der Waals surface area (Å²) in [7, 11) is 0. The Bertz CT molecular complexity index is 579. The van der Waals surface area contributed by atoms with Crippen LogP contribution in [0.15, 0.2) is 50.6 Å². The van der Waals surface area contributed by atoms with Gasteiger partial charge >= 0.3 is 0 Å². The van der Waals surface area contributed by atoms with E-state index in [2.05, 4.69) is 26.5 Å². The standard InChI is InChI=1S/C12H9BrN2O3/c13-8-3-4-11(16)10(6-8)12(17)15-14-7-9-2-1-5-18-9/h1-7,16H,(H,15,17)/b14-7-. The van der Waals surface area contributed by atoms with Gasteiger partial charge in [0.2, 0.25) is 0 Å². The maximum atomic E-state index is 11.7. The summed E-state index contributed by atoms with van der Waals surface area (Å²) in [5, 5.41) is 13.3. The Morgan fingerprint density at radius 3 is 3.00 bits per heavy atom. The summed E-state index contributed by atoms with van der Waals surface area (Å²) in [6.07, 6.45) is 2.87. The fraction of sp³-hybridized carbons (Fsp3) is 0. The minimum atomic E-state index is -0.503. The van der Waals surface area contributed by atoms with Crippen molar-refractivity contribution < 1.29 is 14.3 Å². The number of nitrogens with zero attached hydrogens (tertiary/aromatic N) is 1. The van der Waals surface area contributed by atoms with E-state index in [1.165, 1.54) is 24.6 Å². The first-order chi connectivity index (χ1) is 8.66. The van der Waals surface area contributed by atoms with E-state index < -0.39 is 5.91 Å².